The van der Waals surface area contributed by atoms with E-state index in [4.69, 9.17) is 0 Å². The molecule has 0 aliphatic carbocycles. The summed E-state index contributed by atoms with van der Waals surface area (Å²) in [6.45, 7) is 13.1. The molecule has 86 valence electrons. The molecule has 0 spiro atoms. The van der Waals surface area contributed by atoms with E-state index in [0.29, 0.717) is 5.41 Å². The topological polar surface area (TPSA) is 3.24 Å². The predicted molar refractivity (Wildman–Crippen MR) is 65.6 cm³/mol. The summed E-state index contributed by atoms with van der Waals surface area (Å²) in [5.74, 6) is 1.62. The van der Waals surface area contributed by atoms with E-state index in [9.17, 15) is 0 Å². The third-order valence-corrected chi connectivity index (χ3v) is 4.01. The van der Waals surface area contributed by atoms with Crippen molar-refractivity contribution in [1.82, 2.24) is 4.90 Å². The first-order valence-corrected chi connectivity index (χ1v) is 6.00. The second-order valence-corrected chi connectivity index (χ2v) is 5.50. The fraction of sp³-hybridized carbons (Fsp3) is 1.00. The van der Waals surface area contributed by atoms with Crippen LogP contribution in [-0.4, -0.2) is 25.5 Å². The highest BCUT2D eigenvalue weighted by Gasteiger charge is 2.32. The summed E-state index contributed by atoms with van der Waals surface area (Å²) in [5.41, 5.74) is 0.466. The highest BCUT2D eigenvalue weighted by Crippen LogP contribution is 2.38. The van der Waals surface area contributed by atoms with Crippen molar-refractivity contribution >= 4 is 0 Å². The van der Waals surface area contributed by atoms with Gasteiger partial charge in [-0.05, 0) is 31.3 Å². The number of nitrogens with zero attached hydrogens (tertiary/aromatic N) is 1. The average Bonchev–Trinajstić information content (AvgIpc) is 2.12. The molecule has 0 fully saturated rings. The summed E-state index contributed by atoms with van der Waals surface area (Å²) < 4.78 is 0. The van der Waals surface area contributed by atoms with E-state index in [1.54, 1.807) is 0 Å². The molecule has 0 saturated carbocycles. The summed E-state index contributed by atoms with van der Waals surface area (Å²) in [4.78, 5) is 2.32. The van der Waals surface area contributed by atoms with Gasteiger partial charge < -0.3 is 4.90 Å². The van der Waals surface area contributed by atoms with Crippen LogP contribution >= 0.6 is 0 Å². The largest absolute Gasteiger partial charge is 0.309 e. The van der Waals surface area contributed by atoms with E-state index < -0.39 is 0 Å². The zero-order valence-electron chi connectivity index (χ0n) is 11.2. The molecule has 2 atom stereocenters. The summed E-state index contributed by atoms with van der Waals surface area (Å²) in [7, 11) is 4.35. The Kier molecular flexibility index (Phi) is 5.73. The van der Waals surface area contributed by atoms with Crippen LogP contribution in [0.1, 0.15) is 47.5 Å². The Bertz CT molecular complexity index is 149. The van der Waals surface area contributed by atoms with Crippen molar-refractivity contribution in [3.63, 3.8) is 0 Å². The monoisotopic (exact) mass is 199 g/mol. The van der Waals surface area contributed by atoms with Crippen LogP contribution in [0.3, 0.4) is 0 Å². The zero-order valence-corrected chi connectivity index (χ0v) is 11.2. The number of rotatable bonds is 6. The van der Waals surface area contributed by atoms with E-state index in [1.165, 1.54) is 19.4 Å². The van der Waals surface area contributed by atoms with Gasteiger partial charge in [-0.2, -0.15) is 0 Å². The third-order valence-electron chi connectivity index (χ3n) is 4.01. The fourth-order valence-corrected chi connectivity index (χ4v) is 2.26. The number of hydrogen-bond donors (Lipinski definition) is 0. The molecule has 2 unspecified atom stereocenters. The Labute approximate surface area is 90.9 Å². The van der Waals surface area contributed by atoms with Gasteiger partial charge in [0, 0.05) is 6.54 Å². The van der Waals surface area contributed by atoms with Crippen LogP contribution in [-0.2, 0) is 0 Å². The summed E-state index contributed by atoms with van der Waals surface area (Å²) in [5, 5.41) is 0. The van der Waals surface area contributed by atoms with Crippen molar-refractivity contribution in [3.8, 4) is 0 Å². The standard InChI is InChI=1S/C13H29N/c1-8-11(3)13(4,5)12(9-2)10-14(6)7/h11-12H,8-10H2,1-7H3. The average molecular weight is 199 g/mol. The molecule has 0 aliphatic rings. The Morgan fingerprint density at radius 2 is 1.57 bits per heavy atom. The van der Waals surface area contributed by atoms with Crippen LogP contribution in [0.5, 0.6) is 0 Å². The SMILES string of the molecule is CCC(C)C(C)(C)C(CC)CN(C)C. The van der Waals surface area contributed by atoms with E-state index in [2.05, 4.69) is 53.6 Å². The summed E-state index contributed by atoms with van der Waals surface area (Å²) in [6.07, 6.45) is 2.58. The van der Waals surface area contributed by atoms with E-state index in [0.717, 1.165) is 11.8 Å². The van der Waals surface area contributed by atoms with E-state index in [-0.39, 0.29) is 0 Å². The van der Waals surface area contributed by atoms with Gasteiger partial charge in [-0.3, -0.25) is 0 Å². The van der Waals surface area contributed by atoms with Crippen LogP contribution in [0, 0.1) is 17.3 Å². The summed E-state index contributed by atoms with van der Waals surface area (Å²) >= 11 is 0. The van der Waals surface area contributed by atoms with Gasteiger partial charge >= 0.3 is 0 Å². The van der Waals surface area contributed by atoms with Crippen molar-refractivity contribution in [2.75, 3.05) is 20.6 Å². The van der Waals surface area contributed by atoms with E-state index >= 15 is 0 Å². The molecule has 1 heteroatoms. The van der Waals surface area contributed by atoms with Gasteiger partial charge in [0.15, 0.2) is 0 Å². The molecule has 0 aromatic rings. The van der Waals surface area contributed by atoms with Crippen molar-refractivity contribution in [3.05, 3.63) is 0 Å². The Hall–Kier alpha value is -0.0400. The second-order valence-electron chi connectivity index (χ2n) is 5.50. The van der Waals surface area contributed by atoms with Crippen molar-refractivity contribution in [2.45, 2.75) is 47.5 Å². The van der Waals surface area contributed by atoms with Gasteiger partial charge in [0.25, 0.3) is 0 Å². The van der Waals surface area contributed by atoms with E-state index in [1.807, 2.05) is 0 Å². The minimum Gasteiger partial charge on any atom is -0.309 e. The molecule has 1 nitrogen and oxygen atoms in total. The molecule has 0 bridgehead atoms. The minimum atomic E-state index is 0.466. The molecule has 0 amide bonds. The minimum absolute atomic E-state index is 0.466. The Morgan fingerprint density at radius 3 is 1.86 bits per heavy atom. The summed E-state index contributed by atoms with van der Waals surface area (Å²) in [6, 6.07) is 0. The first-order chi connectivity index (χ1) is 6.36. The van der Waals surface area contributed by atoms with Gasteiger partial charge in [-0.25, -0.2) is 0 Å². The first kappa shape index (κ1) is 14.0. The maximum absolute atomic E-state index is 2.43. The molecular weight excluding hydrogens is 170 g/mol. The molecule has 0 aromatic heterocycles. The number of hydrogen-bond acceptors (Lipinski definition) is 1. The second kappa shape index (κ2) is 5.75. The molecule has 0 radical (unpaired) electrons. The lowest BCUT2D eigenvalue weighted by molar-refractivity contribution is 0.0937. The van der Waals surface area contributed by atoms with Crippen molar-refractivity contribution in [2.24, 2.45) is 17.3 Å². The predicted octanol–water partition coefficient (Wildman–Crippen LogP) is 3.65. The van der Waals surface area contributed by atoms with Crippen LogP contribution in [0.2, 0.25) is 0 Å². The molecular formula is C13H29N. The van der Waals surface area contributed by atoms with Gasteiger partial charge in [-0.1, -0.05) is 47.5 Å². The van der Waals surface area contributed by atoms with Gasteiger partial charge in [0.05, 0.1) is 0 Å². The highest BCUT2D eigenvalue weighted by atomic mass is 15.1. The molecule has 14 heavy (non-hydrogen) atoms. The quantitative estimate of drug-likeness (QED) is 0.631. The van der Waals surface area contributed by atoms with Gasteiger partial charge in [0.1, 0.15) is 0 Å². The fourth-order valence-electron chi connectivity index (χ4n) is 2.26. The third kappa shape index (κ3) is 3.61. The van der Waals surface area contributed by atoms with Crippen LogP contribution in [0.4, 0.5) is 0 Å². The van der Waals surface area contributed by atoms with Crippen LogP contribution < -0.4 is 0 Å². The smallest absolute Gasteiger partial charge is 0.000866 e. The maximum atomic E-state index is 2.43. The molecule has 0 N–H and O–H groups in total. The molecule has 0 aliphatic heterocycles. The lowest BCUT2D eigenvalue weighted by atomic mass is 9.68. The normalized spacial score (nSPS) is 17.1. The highest BCUT2D eigenvalue weighted by molar-refractivity contribution is 4.83. The Morgan fingerprint density at radius 1 is 1.07 bits per heavy atom. The molecule has 0 saturated heterocycles. The van der Waals surface area contributed by atoms with Gasteiger partial charge in [-0.15, -0.1) is 0 Å². The first-order valence-electron chi connectivity index (χ1n) is 6.00. The van der Waals surface area contributed by atoms with Crippen LogP contribution in [0.15, 0.2) is 0 Å². The molecule has 0 heterocycles. The zero-order chi connectivity index (χ0) is 11.4. The maximum Gasteiger partial charge on any atom is 0.000866 e. The van der Waals surface area contributed by atoms with Crippen molar-refractivity contribution in [1.29, 1.82) is 0 Å². The lowest BCUT2D eigenvalue weighted by Crippen LogP contribution is -2.37. The van der Waals surface area contributed by atoms with Crippen LogP contribution in [0.25, 0.3) is 0 Å². The lowest BCUT2D eigenvalue weighted by Gasteiger charge is -2.40. The van der Waals surface area contributed by atoms with Crippen molar-refractivity contribution < 1.29 is 0 Å². The molecule has 0 aromatic carbocycles. The van der Waals surface area contributed by atoms with Gasteiger partial charge in [0.2, 0.25) is 0 Å². The molecule has 0 rings (SSSR count). The Balaban J connectivity index is 4.47.